The average molecular weight is 658 g/mol. The van der Waals surface area contributed by atoms with Crippen molar-refractivity contribution < 1.29 is 13.3 Å². The van der Waals surface area contributed by atoms with Crippen LogP contribution >= 0.6 is 91.9 Å². The second kappa shape index (κ2) is 17.7. The Labute approximate surface area is 243 Å². The zero-order chi connectivity index (χ0) is 24.8. The van der Waals surface area contributed by atoms with E-state index in [4.69, 9.17) is 13.3 Å². The van der Waals surface area contributed by atoms with E-state index in [1.54, 1.807) is 81.1 Å². The molecule has 0 fully saturated rings. The van der Waals surface area contributed by atoms with E-state index >= 15 is 0 Å². The number of benzene rings is 2. The van der Waals surface area contributed by atoms with Gasteiger partial charge in [0.1, 0.15) is 0 Å². The topological polar surface area (TPSA) is 40.6 Å². The Bertz CT molecular complexity index is 963. The summed E-state index contributed by atoms with van der Waals surface area (Å²) in [6, 6.07) is 17.7. The first-order valence-electron chi connectivity index (χ1n) is 10.9. The van der Waals surface area contributed by atoms with Crippen molar-refractivity contribution >= 4 is 111 Å². The SMILES string of the molecule is CCO[Si](CCc1ccccc1SSSSSSSSc1nc2ccccc2s1)(OCC)OCC. The van der Waals surface area contributed by atoms with E-state index in [1.807, 2.05) is 37.6 Å². The summed E-state index contributed by atoms with van der Waals surface area (Å²) in [5.74, 6) is 0. The molecule has 0 spiro atoms. The lowest BCUT2D eigenvalue weighted by Gasteiger charge is -2.28. The third-order valence-electron chi connectivity index (χ3n) is 4.41. The Morgan fingerprint density at radius 1 is 0.743 bits per heavy atom. The van der Waals surface area contributed by atoms with Gasteiger partial charge in [0.15, 0.2) is 4.34 Å². The molecule has 3 rings (SSSR count). The molecule has 0 N–H and O–H groups in total. The van der Waals surface area contributed by atoms with E-state index in [-0.39, 0.29) is 0 Å². The van der Waals surface area contributed by atoms with E-state index in [9.17, 15) is 0 Å². The van der Waals surface area contributed by atoms with Crippen LogP contribution < -0.4 is 0 Å². The second-order valence-corrected chi connectivity index (χ2v) is 23.4. The van der Waals surface area contributed by atoms with Gasteiger partial charge in [-0.25, -0.2) is 4.98 Å². The lowest BCUT2D eigenvalue weighted by molar-refractivity contribution is 0.0714. The molecule has 192 valence electrons. The highest BCUT2D eigenvalue weighted by molar-refractivity contribution is 9.48. The summed E-state index contributed by atoms with van der Waals surface area (Å²) in [7, 11) is 11.6. The molecule has 0 atom stereocenters. The van der Waals surface area contributed by atoms with Crippen LogP contribution in [0.3, 0.4) is 0 Å². The minimum atomic E-state index is -2.63. The molecule has 2 aromatic carbocycles. The van der Waals surface area contributed by atoms with Crippen molar-refractivity contribution in [2.45, 2.75) is 42.5 Å². The highest BCUT2D eigenvalue weighted by atomic mass is 34.0. The van der Waals surface area contributed by atoms with Crippen molar-refractivity contribution in [3.05, 3.63) is 54.1 Å². The van der Waals surface area contributed by atoms with Crippen LogP contribution in [0.25, 0.3) is 10.2 Å². The maximum atomic E-state index is 6.02. The molecule has 0 aliphatic rings. The van der Waals surface area contributed by atoms with Crippen LogP contribution in [-0.2, 0) is 19.7 Å². The monoisotopic (exact) mass is 657 g/mol. The molecule has 0 amide bonds. The van der Waals surface area contributed by atoms with Crippen LogP contribution in [0.1, 0.15) is 26.3 Å². The van der Waals surface area contributed by atoms with E-state index in [1.165, 1.54) is 15.2 Å². The third kappa shape index (κ3) is 10.7. The average Bonchev–Trinajstić information content (AvgIpc) is 3.28. The summed E-state index contributed by atoms with van der Waals surface area (Å²) in [6.45, 7) is 7.84. The summed E-state index contributed by atoms with van der Waals surface area (Å²) in [6.07, 6.45) is 0.887. The molecule has 0 saturated heterocycles. The first kappa shape index (κ1) is 30.8. The smallest absolute Gasteiger partial charge is 0.374 e. The van der Waals surface area contributed by atoms with Crippen LogP contribution in [0.4, 0.5) is 0 Å². The predicted octanol–water partition coefficient (Wildman–Crippen LogP) is 10.6. The molecule has 1 aromatic heterocycles. The molecule has 0 aliphatic carbocycles. The number of rotatable bonds is 18. The number of aromatic nitrogens is 1. The van der Waals surface area contributed by atoms with Crippen molar-refractivity contribution in [1.82, 2.24) is 4.98 Å². The molecule has 14 heteroatoms. The second-order valence-electron chi connectivity index (χ2n) is 6.61. The van der Waals surface area contributed by atoms with E-state index < -0.39 is 8.80 Å². The fraction of sp³-hybridized carbons (Fsp3) is 0.381. The molecule has 0 bridgehead atoms. The first-order chi connectivity index (χ1) is 17.2. The van der Waals surface area contributed by atoms with Gasteiger partial charge in [-0.1, -0.05) is 30.3 Å². The molecule has 0 aliphatic heterocycles. The van der Waals surface area contributed by atoms with Gasteiger partial charge in [-0.05, 0) is 131 Å². The number of para-hydroxylation sites is 1. The summed E-state index contributed by atoms with van der Waals surface area (Å²) in [4.78, 5) is 5.95. The summed E-state index contributed by atoms with van der Waals surface area (Å²) in [5.41, 5.74) is 2.40. The van der Waals surface area contributed by atoms with Crippen LogP contribution in [0.2, 0.25) is 6.04 Å². The lowest BCUT2D eigenvalue weighted by Crippen LogP contribution is -2.46. The van der Waals surface area contributed by atoms with Gasteiger partial charge in [-0.15, -0.1) is 11.3 Å². The Hall–Kier alpha value is 1.23. The van der Waals surface area contributed by atoms with Gasteiger partial charge in [0.25, 0.3) is 0 Å². The largest absolute Gasteiger partial charge is 0.501 e. The molecule has 0 unspecified atom stereocenters. The molecule has 35 heavy (non-hydrogen) atoms. The number of hydrogen-bond acceptors (Lipinski definition) is 13. The Balaban J connectivity index is 1.36. The van der Waals surface area contributed by atoms with Crippen LogP contribution in [0.15, 0.2) is 57.8 Å². The molecule has 1 heterocycles. The quantitative estimate of drug-likeness (QED) is 0.0742. The maximum absolute atomic E-state index is 6.02. The Kier molecular flexibility index (Phi) is 15.6. The zero-order valence-electron chi connectivity index (χ0n) is 19.5. The van der Waals surface area contributed by atoms with E-state index in [0.717, 1.165) is 22.3 Å². The van der Waals surface area contributed by atoms with Gasteiger partial charge >= 0.3 is 8.80 Å². The van der Waals surface area contributed by atoms with Gasteiger partial charge in [0.2, 0.25) is 0 Å². The molecule has 4 nitrogen and oxygen atoms in total. The third-order valence-corrected chi connectivity index (χ3v) is 23.8. The van der Waals surface area contributed by atoms with Crippen LogP contribution in [-0.4, -0.2) is 33.6 Å². The summed E-state index contributed by atoms with van der Waals surface area (Å²) >= 11 is 1.75. The molecule has 0 radical (unpaired) electrons. The van der Waals surface area contributed by atoms with Crippen LogP contribution in [0.5, 0.6) is 0 Å². The molecule has 0 saturated carbocycles. The summed E-state index contributed by atoms with van der Waals surface area (Å²) in [5, 5.41) is 0. The number of thiazole rings is 1. The predicted molar refractivity (Wildman–Crippen MR) is 172 cm³/mol. The fourth-order valence-electron chi connectivity index (χ4n) is 3.11. The van der Waals surface area contributed by atoms with Crippen molar-refractivity contribution in [1.29, 1.82) is 0 Å². The first-order valence-corrected chi connectivity index (χ1v) is 23.8. The minimum Gasteiger partial charge on any atom is -0.374 e. The van der Waals surface area contributed by atoms with Crippen molar-refractivity contribution in [2.75, 3.05) is 19.8 Å². The summed E-state index contributed by atoms with van der Waals surface area (Å²) < 4.78 is 20.4. The Morgan fingerprint density at radius 3 is 2.03 bits per heavy atom. The van der Waals surface area contributed by atoms with Gasteiger partial charge in [-0.2, -0.15) is 0 Å². The van der Waals surface area contributed by atoms with Crippen molar-refractivity contribution in [3.8, 4) is 0 Å². The normalized spacial score (nSPS) is 12.0. The lowest BCUT2D eigenvalue weighted by atomic mass is 10.2. The standard InChI is InChI=1S/C21H27NO3S9Si/c1-4-23-35(24-5-2,25-6-3)16-15-17-11-7-9-13-19(17)27-29-31-33-34-32-30-28-21-22-18-12-8-10-14-20(18)26-21/h7-14H,4-6,15-16H2,1-3H3. The van der Waals surface area contributed by atoms with Gasteiger partial charge < -0.3 is 13.3 Å². The number of aryl methyl sites for hydroxylation is 1. The van der Waals surface area contributed by atoms with Crippen molar-refractivity contribution in [3.63, 3.8) is 0 Å². The van der Waals surface area contributed by atoms with E-state index in [2.05, 4.69) is 47.4 Å². The Morgan fingerprint density at radius 2 is 1.34 bits per heavy atom. The minimum absolute atomic E-state index is 0.611. The number of hydrogen-bond donors (Lipinski definition) is 0. The van der Waals surface area contributed by atoms with Crippen LogP contribution in [0, 0.1) is 0 Å². The number of nitrogens with zero attached hydrogens (tertiary/aromatic N) is 1. The highest BCUT2D eigenvalue weighted by Crippen LogP contribution is 2.59. The van der Waals surface area contributed by atoms with Gasteiger partial charge in [0.05, 0.1) is 10.2 Å². The van der Waals surface area contributed by atoms with E-state index in [0.29, 0.717) is 19.8 Å². The van der Waals surface area contributed by atoms with Gasteiger partial charge in [-0.3, -0.25) is 0 Å². The highest BCUT2D eigenvalue weighted by Gasteiger charge is 2.40. The van der Waals surface area contributed by atoms with Crippen molar-refractivity contribution in [2.24, 2.45) is 0 Å². The maximum Gasteiger partial charge on any atom is 0.501 e. The fourth-order valence-corrected chi connectivity index (χ4v) is 23.9. The molecular formula is C21H27NO3S9Si. The van der Waals surface area contributed by atoms with Gasteiger partial charge in [0, 0.05) is 30.8 Å². The zero-order valence-corrected chi connectivity index (χ0v) is 27.8. The molecular weight excluding hydrogens is 631 g/mol. The molecule has 3 aromatic rings. The number of fused-ring (bicyclic) bond motifs is 1.